The summed E-state index contributed by atoms with van der Waals surface area (Å²) in [7, 11) is 0. The van der Waals surface area contributed by atoms with Crippen molar-refractivity contribution < 1.29 is 18.4 Å². The molecule has 0 N–H and O–H groups in total. The zero-order chi connectivity index (χ0) is 13.8. The van der Waals surface area contributed by atoms with Crippen molar-refractivity contribution in [1.29, 1.82) is 0 Å². The van der Waals surface area contributed by atoms with Crippen LogP contribution in [-0.4, -0.2) is 11.6 Å². The largest absolute Gasteiger partial charge is 0.294 e. The average molecular weight is 260 g/mol. The Balaban J connectivity index is 2.15. The van der Waals surface area contributed by atoms with E-state index >= 15 is 0 Å². The molecule has 0 aliphatic heterocycles. The van der Waals surface area contributed by atoms with E-state index in [-0.39, 0.29) is 5.56 Å². The van der Waals surface area contributed by atoms with Crippen LogP contribution >= 0.6 is 0 Å². The first-order chi connectivity index (χ1) is 9.08. The number of halogens is 2. The highest BCUT2D eigenvalue weighted by Crippen LogP contribution is 2.13. The van der Waals surface area contributed by atoms with Crippen LogP contribution in [0, 0.1) is 11.6 Å². The Morgan fingerprint density at radius 3 is 2.21 bits per heavy atom. The van der Waals surface area contributed by atoms with Gasteiger partial charge < -0.3 is 0 Å². The summed E-state index contributed by atoms with van der Waals surface area (Å²) in [5, 5.41) is 0. The Morgan fingerprint density at radius 1 is 0.895 bits per heavy atom. The van der Waals surface area contributed by atoms with Crippen molar-refractivity contribution in [2.45, 2.75) is 6.42 Å². The average Bonchev–Trinajstić information content (AvgIpc) is 2.39. The molecule has 0 spiro atoms. The van der Waals surface area contributed by atoms with Gasteiger partial charge in [-0.3, -0.25) is 9.59 Å². The number of hydrogen-bond donors (Lipinski definition) is 0. The summed E-state index contributed by atoms with van der Waals surface area (Å²) in [5.41, 5.74) is 0.115. The van der Waals surface area contributed by atoms with Gasteiger partial charge in [0, 0.05) is 11.6 Å². The SMILES string of the molecule is O=C(CC(=O)c1ccc(F)cc1F)c1ccccc1. The van der Waals surface area contributed by atoms with E-state index in [0.29, 0.717) is 11.6 Å². The maximum Gasteiger partial charge on any atom is 0.173 e. The van der Waals surface area contributed by atoms with Crippen LogP contribution < -0.4 is 0 Å². The topological polar surface area (TPSA) is 34.1 Å². The van der Waals surface area contributed by atoms with Crippen molar-refractivity contribution in [2.24, 2.45) is 0 Å². The molecule has 0 bridgehead atoms. The quantitative estimate of drug-likeness (QED) is 0.623. The molecule has 2 nitrogen and oxygen atoms in total. The van der Waals surface area contributed by atoms with Gasteiger partial charge in [0.25, 0.3) is 0 Å². The molecule has 4 heteroatoms. The highest BCUT2D eigenvalue weighted by Gasteiger charge is 2.17. The minimum absolute atomic E-state index is 0.273. The molecule has 0 saturated heterocycles. The van der Waals surface area contributed by atoms with Crippen molar-refractivity contribution in [3.05, 3.63) is 71.3 Å². The summed E-state index contributed by atoms with van der Waals surface area (Å²) in [4.78, 5) is 23.6. The first-order valence-electron chi connectivity index (χ1n) is 5.64. The molecule has 2 aromatic rings. The van der Waals surface area contributed by atoms with Crippen LogP contribution in [-0.2, 0) is 0 Å². The third kappa shape index (κ3) is 3.10. The number of hydrogen-bond acceptors (Lipinski definition) is 2. The second-order valence-corrected chi connectivity index (χ2v) is 4.01. The monoisotopic (exact) mass is 260 g/mol. The van der Waals surface area contributed by atoms with Gasteiger partial charge in [-0.25, -0.2) is 8.78 Å². The molecule has 96 valence electrons. The van der Waals surface area contributed by atoms with Crippen LogP contribution in [0.2, 0.25) is 0 Å². The van der Waals surface area contributed by atoms with E-state index in [1.807, 2.05) is 0 Å². The highest BCUT2D eigenvalue weighted by molar-refractivity contribution is 6.13. The van der Waals surface area contributed by atoms with Crippen LogP contribution in [0.3, 0.4) is 0 Å². The third-order valence-electron chi connectivity index (χ3n) is 2.65. The summed E-state index contributed by atoms with van der Waals surface area (Å²) in [6.45, 7) is 0. The summed E-state index contributed by atoms with van der Waals surface area (Å²) >= 11 is 0. The molecular weight excluding hydrogens is 250 g/mol. The lowest BCUT2D eigenvalue weighted by Gasteiger charge is -2.02. The van der Waals surface area contributed by atoms with Gasteiger partial charge in [-0.05, 0) is 12.1 Å². The number of benzene rings is 2. The molecule has 0 unspecified atom stereocenters. The second kappa shape index (κ2) is 5.52. The molecule has 0 aliphatic carbocycles. The van der Waals surface area contributed by atoms with Gasteiger partial charge in [0.2, 0.25) is 0 Å². The smallest absolute Gasteiger partial charge is 0.173 e. The number of rotatable bonds is 4. The molecular formula is C15H10F2O2. The lowest BCUT2D eigenvalue weighted by Crippen LogP contribution is -2.10. The van der Waals surface area contributed by atoms with Crippen LogP contribution in [0.4, 0.5) is 8.78 Å². The molecule has 2 aromatic carbocycles. The molecule has 0 amide bonds. The molecule has 0 fully saturated rings. The Kier molecular flexibility index (Phi) is 3.80. The first kappa shape index (κ1) is 13.1. The predicted octanol–water partition coefficient (Wildman–Crippen LogP) is 3.42. The second-order valence-electron chi connectivity index (χ2n) is 4.01. The maximum atomic E-state index is 13.4. The normalized spacial score (nSPS) is 10.2. The zero-order valence-electron chi connectivity index (χ0n) is 9.90. The van der Waals surface area contributed by atoms with E-state index in [9.17, 15) is 18.4 Å². The minimum Gasteiger partial charge on any atom is -0.294 e. The van der Waals surface area contributed by atoms with Gasteiger partial charge in [0.05, 0.1) is 12.0 Å². The van der Waals surface area contributed by atoms with E-state index in [0.717, 1.165) is 12.1 Å². The predicted molar refractivity (Wildman–Crippen MR) is 66.1 cm³/mol. The number of ketones is 2. The molecule has 0 aliphatic rings. The van der Waals surface area contributed by atoms with Crippen LogP contribution in [0.1, 0.15) is 27.1 Å². The van der Waals surface area contributed by atoms with Crippen molar-refractivity contribution in [3.63, 3.8) is 0 Å². The number of Topliss-reactive ketones (excluding diaryl/α,β-unsaturated/α-hetero) is 2. The first-order valence-corrected chi connectivity index (χ1v) is 5.64. The maximum absolute atomic E-state index is 13.4. The summed E-state index contributed by atoms with van der Waals surface area (Å²) in [6.07, 6.45) is -0.438. The van der Waals surface area contributed by atoms with E-state index in [1.165, 1.54) is 0 Å². The van der Waals surface area contributed by atoms with Gasteiger partial charge in [0.1, 0.15) is 11.6 Å². The van der Waals surface area contributed by atoms with E-state index in [2.05, 4.69) is 0 Å². The lowest BCUT2D eigenvalue weighted by atomic mass is 10.0. The summed E-state index contributed by atoms with van der Waals surface area (Å²) in [6, 6.07) is 10.9. The van der Waals surface area contributed by atoms with Gasteiger partial charge >= 0.3 is 0 Å². The Bertz CT molecular complexity index is 621. The molecule has 2 rings (SSSR count). The van der Waals surface area contributed by atoms with Crippen LogP contribution in [0.15, 0.2) is 48.5 Å². The van der Waals surface area contributed by atoms with Gasteiger partial charge in [-0.2, -0.15) is 0 Å². The highest BCUT2D eigenvalue weighted by atomic mass is 19.1. The fraction of sp³-hybridized carbons (Fsp3) is 0.0667. The fourth-order valence-corrected chi connectivity index (χ4v) is 1.68. The summed E-state index contributed by atoms with van der Waals surface area (Å²) in [5.74, 6) is -2.77. The van der Waals surface area contributed by atoms with Crippen molar-refractivity contribution in [1.82, 2.24) is 0 Å². The van der Waals surface area contributed by atoms with Gasteiger partial charge in [-0.15, -0.1) is 0 Å². The molecule has 0 heterocycles. The van der Waals surface area contributed by atoms with Gasteiger partial charge in [0.15, 0.2) is 11.6 Å². The molecule has 0 aromatic heterocycles. The number of carbonyl (C=O) groups is 2. The minimum atomic E-state index is -0.953. The van der Waals surface area contributed by atoms with E-state index < -0.39 is 29.6 Å². The van der Waals surface area contributed by atoms with Crippen molar-refractivity contribution in [2.75, 3.05) is 0 Å². The van der Waals surface area contributed by atoms with Crippen molar-refractivity contribution in [3.8, 4) is 0 Å². The van der Waals surface area contributed by atoms with Gasteiger partial charge in [-0.1, -0.05) is 30.3 Å². The van der Waals surface area contributed by atoms with Crippen LogP contribution in [0.25, 0.3) is 0 Å². The fourth-order valence-electron chi connectivity index (χ4n) is 1.68. The lowest BCUT2D eigenvalue weighted by molar-refractivity contribution is 0.0892. The van der Waals surface area contributed by atoms with Crippen molar-refractivity contribution >= 4 is 11.6 Å². The molecule has 0 radical (unpaired) electrons. The van der Waals surface area contributed by atoms with E-state index in [1.54, 1.807) is 30.3 Å². The Labute approximate surface area is 108 Å². The Hall–Kier alpha value is -2.36. The summed E-state index contributed by atoms with van der Waals surface area (Å²) < 4.78 is 26.1. The molecule has 19 heavy (non-hydrogen) atoms. The molecule has 0 saturated carbocycles. The number of carbonyl (C=O) groups excluding carboxylic acids is 2. The molecule has 0 atom stereocenters. The Morgan fingerprint density at radius 2 is 1.58 bits per heavy atom. The zero-order valence-corrected chi connectivity index (χ0v) is 9.90. The third-order valence-corrected chi connectivity index (χ3v) is 2.65. The standard InChI is InChI=1S/C15H10F2O2/c16-11-6-7-12(13(17)8-11)15(19)9-14(18)10-4-2-1-3-5-10/h1-8H,9H2. The van der Waals surface area contributed by atoms with Crippen LogP contribution in [0.5, 0.6) is 0 Å². The van der Waals surface area contributed by atoms with E-state index in [4.69, 9.17) is 0 Å².